The van der Waals surface area contributed by atoms with Gasteiger partial charge in [-0.25, -0.2) is 4.98 Å². The first-order chi connectivity index (χ1) is 22.2. The molecular formula is C43H28N2. The van der Waals surface area contributed by atoms with Crippen LogP contribution >= 0.6 is 0 Å². The lowest BCUT2D eigenvalue weighted by molar-refractivity contribution is 1.21. The van der Waals surface area contributed by atoms with Gasteiger partial charge < -0.3 is 0 Å². The zero-order valence-electron chi connectivity index (χ0n) is 24.7. The molecule has 0 fully saturated rings. The predicted molar refractivity (Wildman–Crippen MR) is 194 cm³/mol. The molecule has 2 heterocycles. The molecular weight excluding hydrogens is 544 g/mol. The molecule has 0 saturated heterocycles. The number of pyridine rings is 1. The van der Waals surface area contributed by atoms with Crippen molar-refractivity contribution < 1.29 is 0 Å². The van der Waals surface area contributed by atoms with Crippen LogP contribution in [0.3, 0.4) is 0 Å². The standard InChI is InChI=1S/C43H28N2/c1-3-31-32-15-7-12-20-37(32)43-44-38-26-30(23-24-40(38)45(43)39(31)4-2)42-35-18-10-8-16-33(35)41(34-17-9-11-19-36(34)42)29-22-21-27-13-5-6-14-28(27)25-29/h3-26H,1-2H2. The molecule has 2 aromatic heterocycles. The van der Waals surface area contributed by atoms with Gasteiger partial charge in [0, 0.05) is 10.9 Å². The van der Waals surface area contributed by atoms with E-state index < -0.39 is 0 Å². The Hall–Kier alpha value is -5.99. The maximum atomic E-state index is 5.25. The lowest BCUT2D eigenvalue weighted by atomic mass is 9.85. The van der Waals surface area contributed by atoms with Crippen LogP contribution in [-0.2, 0) is 0 Å². The van der Waals surface area contributed by atoms with Crippen molar-refractivity contribution in [3.8, 4) is 22.3 Å². The highest BCUT2D eigenvalue weighted by molar-refractivity contribution is 6.22. The van der Waals surface area contributed by atoms with E-state index >= 15 is 0 Å². The Morgan fingerprint density at radius 2 is 1.02 bits per heavy atom. The van der Waals surface area contributed by atoms with Gasteiger partial charge in [0.05, 0.1) is 16.7 Å². The molecule has 0 amide bonds. The minimum atomic E-state index is 0.930. The van der Waals surface area contributed by atoms with Crippen LogP contribution in [0.1, 0.15) is 11.3 Å². The van der Waals surface area contributed by atoms with E-state index in [2.05, 4.69) is 151 Å². The van der Waals surface area contributed by atoms with Crippen molar-refractivity contribution in [2.45, 2.75) is 0 Å². The smallest absolute Gasteiger partial charge is 0.146 e. The zero-order chi connectivity index (χ0) is 30.1. The summed E-state index contributed by atoms with van der Waals surface area (Å²) in [4.78, 5) is 5.25. The monoisotopic (exact) mass is 572 g/mol. The molecule has 0 atom stereocenters. The molecule has 0 bridgehead atoms. The molecule has 45 heavy (non-hydrogen) atoms. The van der Waals surface area contributed by atoms with Gasteiger partial charge in [-0.2, -0.15) is 0 Å². The fourth-order valence-electron chi connectivity index (χ4n) is 7.34. The van der Waals surface area contributed by atoms with Crippen LogP contribution in [-0.4, -0.2) is 9.38 Å². The van der Waals surface area contributed by atoms with Crippen molar-refractivity contribution in [3.63, 3.8) is 0 Å². The predicted octanol–water partition coefficient (Wildman–Crippen LogP) is 11.7. The van der Waals surface area contributed by atoms with E-state index in [1.54, 1.807) is 0 Å². The Labute approximate surface area is 260 Å². The first kappa shape index (κ1) is 25.5. The van der Waals surface area contributed by atoms with Crippen LogP contribution < -0.4 is 0 Å². The van der Waals surface area contributed by atoms with Gasteiger partial charge in [0.2, 0.25) is 0 Å². The fourth-order valence-corrected chi connectivity index (χ4v) is 7.34. The van der Waals surface area contributed by atoms with Gasteiger partial charge in [0.25, 0.3) is 0 Å². The third-order valence-corrected chi connectivity index (χ3v) is 9.29. The summed E-state index contributed by atoms with van der Waals surface area (Å²) in [7, 11) is 0. The molecule has 210 valence electrons. The normalized spacial score (nSPS) is 11.7. The second-order valence-corrected chi connectivity index (χ2v) is 11.6. The number of nitrogens with zero attached hydrogens (tertiary/aromatic N) is 2. The summed E-state index contributed by atoms with van der Waals surface area (Å²) < 4.78 is 2.23. The first-order valence-electron chi connectivity index (χ1n) is 15.3. The van der Waals surface area contributed by atoms with Gasteiger partial charge in [-0.3, -0.25) is 4.40 Å². The van der Waals surface area contributed by atoms with Crippen LogP contribution in [0.25, 0.3) is 94.2 Å². The molecule has 2 heteroatoms. The third-order valence-electron chi connectivity index (χ3n) is 9.29. The molecule has 0 spiro atoms. The van der Waals surface area contributed by atoms with Crippen LogP contribution in [0.15, 0.2) is 147 Å². The summed E-state index contributed by atoms with van der Waals surface area (Å²) in [6.45, 7) is 8.30. The van der Waals surface area contributed by atoms with E-state index in [4.69, 9.17) is 4.98 Å². The van der Waals surface area contributed by atoms with Gasteiger partial charge >= 0.3 is 0 Å². The fraction of sp³-hybridized carbons (Fsp3) is 0. The summed E-state index contributed by atoms with van der Waals surface area (Å²) in [6, 6.07) is 48.2. The molecule has 0 unspecified atom stereocenters. The van der Waals surface area contributed by atoms with Crippen LogP contribution in [0.2, 0.25) is 0 Å². The maximum Gasteiger partial charge on any atom is 0.146 e. The van der Waals surface area contributed by atoms with Crippen molar-refractivity contribution in [2.24, 2.45) is 0 Å². The first-order valence-corrected chi connectivity index (χ1v) is 15.3. The second kappa shape index (κ2) is 9.77. The van der Waals surface area contributed by atoms with Gasteiger partial charge in [0.1, 0.15) is 5.65 Å². The van der Waals surface area contributed by atoms with Crippen LogP contribution in [0.5, 0.6) is 0 Å². The number of benzene rings is 7. The highest BCUT2D eigenvalue weighted by atomic mass is 15.0. The molecule has 0 aliphatic carbocycles. The molecule has 2 nitrogen and oxygen atoms in total. The summed E-state index contributed by atoms with van der Waals surface area (Å²) in [5, 5.41) is 9.68. The molecule has 0 saturated carbocycles. The van der Waals surface area contributed by atoms with Gasteiger partial charge in [-0.15, -0.1) is 0 Å². The minimum absolute atomic E-state index is 0.930. The Kier molecular flexibility index (Phi) is 5.54. The van der Waals surface area contributed by atoms with Gasteiger partial charge in [0.15, 0.2) is 0 Å². The summed E-state index contributed by atoms with van der Waals surface area (Å²) in [6.07, 6.45) is 3.84. The van der Waals surface area contributed by atoms with Crippen molar-refractivity contribution in [3.05, 3.63) is 158 Å². The Morgan fingerprint density at radius 3 is 1.64 bits per heavy atom. The van der Waals surface area contributed by atoms with E-state index in [1.807, 2.05) is 12.2 Å². The van der Waals surface area contributed by atoms with Crippen LogP contribution in [0, 0.1) is 0 Å². The second-order valence-electron chi connectivity index (χ2n) is 11.6. The van der Waals surface area contributed by atoms with Crippen molar-refractivity contribution in [2.75, 3.05) is 0 Å². The average molecular weight is 573 g/mol. The van der Waals surface area contributed by atoms with Crippen molar-refractivity contribution in [1.29, 1.82) is 0 Å². The quantitative estimate of drug-likeness (QED) is 0.192. The topological polar surface area (TPSA) is 17.3 Å². The van der Waals surface area contributed by atoms with E-state index in [1.165, 1.54) is 49.0 Å². The molecule has 0 aliphatic heterocycles. The highest BCUT2D eigenvalue weighted by Crippen LogP contribution is 2.44. The summed E-state index contributed by atoms with van der Waals surface area (Å²) >= 11 is 0. The summed E-state index contributed by atoms with van der Waals surface area (Å²) in [5.41, 5.74) is 9.88. The molecule has 7 aromatic carbocycles. The average Bonchev–Trinajstić information content (AvgIpc) is 3.48. The Morgan fingerprint density at radius 1 is 0.489 bits per heavy atom. The van der Waals surface area contributed by atoms with Crippen molar-refractivity contribution in [1.82, 2.24) is 9.38 Å². The Bertz CT molecular complexity index is 2630. The molecule has 9 aromatic rings. The number of fused-ring (bicyclic) bond motifs is 8. The van der Waals surface area contributed by atoms with E-state index in [9.17, 15) is 0 Å². The number of rotatable bonds is 4. The van der Waals surface area contributed by atoms with Gasteiger partial charge in [-0.05, 0) is 84.2 Å². The van der Waals surface area contributed by atoms with E-state index in [0.717, 1.165) is 44.3 Å². The number of hydrogen-bond donors (Lipinski definition) is 0. The zero-order valence-corrected chi connectivity index (χ0v) is 24.7. The lowest BCUT2D eigenvalue weighted by Crippen LogP contribution is -1.97. The Balaban J connectivity index is 1.36. The number of imidazole rings is 1. The highest BCUT2D eigenvalue weighted by Gasteiger charge is 2.19. The van der Waals surface area contributed by atoms with Crippen LogP contribution in [0.4, 0.5) is 0 Å². The molecule has 0 radical (unpaired) electrons. The number of hydrogen-bond acceptors (Lipinski definition) is 1. The van der Waals surface area contributed by atoms with Gasteiger partial charge in [-0.1, -0.05) is 134 Å². The number of aromatic nitrogens is 2. The SMILES string of the molecule is C=Cc1c(C=C)n2c3ccc(-c4c5ccccc5c(-c5ccc6ccccc6c5)c5ccccc45)cc3nc2c2ccccc12. The van der Waals surface area contributed by atoms with Crippen molar-refractivity contribution >= 4 is 71.9 Å². The largest absolute Gasteiger partial charge is 0.292 e. The molecule has 0 aliphatic rings. The molecule has 0 N–H and O–H groups in total. The third kappa shape index (κ3) is 3.66. The van der Waals surface area contributed by atoms with E-state index in [0.29, 0.717) is 0 Å². The minimum Gasteiger partial charge on any atom is -0.292 e. The molecule has 9 rings (SSSR count). The summed E-state index contributed by atoms with van der Waals surface area (Å²) in [5.74, 6) is 0. The lowest BCUT2D eigenvalue weighted by Gasteiger charge is -2.18. The van der Waals surface area contributed by atoms with E-state index in [-0.39, 0.29) is 0 Å². The maximum absolute atomic E-state index is 5.25.